The van der Waals surface area contributed by atoms with Crippen LogP contribution >= 0.6 is 0 Å². The molecule has 24 heavy (non-hydrogen) atoms. The first-order valence-corrected chi connectivity index (χ1v) is 6.78. The van der Waals surface area contributed by atoms with Crippen LogP contribution in [0.4, 0.5) is 5.69 Å². The lowest BCUT2D eigenvalue weighted by atomic mass is 9.80. The molecule has 3 N–H and O–H groups in total. The summed E-state index contributed by atoms with van der Waals surface area (Å²) in [6.07, 6.45) is 0. The third-order valence-corrected chi connectivity index (χ3v) is 3.80. The largest absolute Gasteiger partial charge is 0.393 e. The summed E-state index contributed by atoms with van der Waals surface area (Å²) in [5, 5.41) is 53.3. The second-order valence-corrected chi connectivity index (χ2v) is 5.12. The fourth-order valence-corrected chi connectivity index (χ4v) is 2.43. The van der Waals surface area contributed by atoms with Gasteiger partial charge in [-0.1, -0.05) is 30.3 Å². The van der Waals surface area contributed by atoms with Gasteiger partial charge in [0.15, 0.2) is 0 Å². The Morgan fingerprint density at radius 3 is 1.83 bits per heavy atom. The molecule has 0 saturated carbocycles. The molecule has 0 aromatic heterocycles. The Kier molecular flexibility index (Phi) is 4.60. The van der Waals surface area contributed by atoms with Gasteiger partial charge in [-0.15, -0.1) is 0 Å². The van der Waals surface area contributed by atoms with Crippen LogP contribution in [0.2, 0.25) is 0 Å². The van der Waals surface area contributed by atoms with E-state index < -0.39 is 33.3 Å². The smallest absolute Gasteiger partial charge is 0.384 e. The molecule has 2 unspecified atom stereocenters. The average molecular weight is 334 g/mol. The quantitative estimate of drug-likeness (QED) is 0.404. The molecule has 9 nitrogen and oxygen atoms in total. The van der Waals surface area contributed by atoms with Gasteiger partial charge in [0.2, 0.25) is 5.60 Å². The van der Waals surface area contributed by atoms with E-state index in [-0.39, 0.29) is 11.3 Å². The van der Waals surface area contributed by atoms with E-state index >= 15 is 0 Å². The van der Waals surface area contributed by atoms with Crippen LogP contribution in [0.3, 0.4) is 0 Å². The van der Waals surface area contributed by atoms with Gasteiger partial charge in [0, 0.05) is 12.1 Å². The zero-order valence-electron chi connectivity index (χ0n) is 12.3. The van der Waals surface area contributed by atoms with Gasteiger partial charge in [0.05, 0.1) is 22.0 Å². The second-order valence-electron chi connectivity index (χ2n) is 5.12. The summed E-state index contributed by atoms with van der Waals surface area (Å²) >= 11 is 0. The predicted molar refractivity (Wildman–Crippen MR) is 81.4 cm³/mol. The number of benzene rings is 2. The normalized spacial score (nSPS) is 16.0. The standard InChI is InChI=1S/C15H14N2O7/c18-10-14(19,11-4-2-1-3-5-11)15(20,17(23)24)12-6-8-13(9-7-12)16(21)22/h1-9,18-20H,10H2. The molecule has 0 heterocycles. The molecule has 0 aliphatic heterocycles. The summed E-state index contributed by atoms with van der Waals surface area (Å²) in [7, 11) is 0. The van der Waals surface area contributed by atoms with Gasteiger partial charge in [-0.3, -0.25) is 20.2 Å². The number of non-ortho nitro benzene ring substituents is 1. The number of hydrogen-bond acceptors (Lipinski definition) is 7. The molecule has 0 bridgehead atoms. The summed E-state index contributed by atoms with van der Waals surface area (Å²) in [5.74, 6) is 0. The highest BCUT2D eigenvalue weighted by Crippen LogP contribution is 2.41. The molecule has 0 amide bonds. The van der Waals surface area contributed by atoms with Crippen molar-refractivity contribution in [3.8, 4) is 0 Å². The predicted octanol–water partition coefficient (Wildman–Crippen LogP) is 0.897. The molecule has 9 heteroatoms. The van der Waals surface area contributed by atoms with Crippen LogP contribution in [0.15, 0.2) is 54.6 Å². The Balaban J connectivity index is 2.65. The Hall–Kier alpha value is -2.88. The van der Waals surface area contributed by atoms with E-state index in [0.29, 0.717) is 0 Å². The summed E-state index contributed by atoms with van der Waals surface area (Å²) < 4.78 is 0. The Morgan fingerprint density at radius 1 is 0.875 bits per heavy atom. The van der Waals surface area contributed by atoms with Crippen LogP contribution in [0.5, 0.6) is 0 Å². The van der Waals surface area contributed by atoms with Gasteiger partial charge >= 0.3 is 5.72 Å². The van der Waals surface area contributed by atoms with Crippen molar-refractivity contribution in [1.82, 2.24) is 0 Å². The topological polar surface area (TPSA) is 147 Å². The number of nitrogens with zero attached hydrogens (tertiary/aromatic N) is 2. The van der Waals surface area contributed by atoms with E-state index in [0.717, 1.165) is 24.3 Å². The van der Waals surface area contributed by atoms with E-state index in [4.69, 9.17) is 0 Å². The highest BCUT2D eigenvalue weighted by atomic mass is 16.7. The monoisotopic (exact) mass is 334 g/mol. The van der Waals surface area contributed by atoms with Gasteiger partial charge in [-0.05, 0) is 17.7 Å². The second kappa shape index (κ2) is 6.32. The summed E-state index contributed by atoms with van der Waals surface area (Å²) in [5.41, 5.74) is -6.59. The van der Waals surface area contributed by atoms with Crippen molar-refractivity contribution >= 4 is 5.69 Å². The van der Waals surface area contributed by atoms with E-state index in [1.807, 2.05) is 0 Å². The van der Waals surface area contributed by atoms with Crippen LogP contribution in [0.25, 0.3) is 0 Å². The third kappa shape index (κ3) is 2.60. The lowest BCUT2D eigenvalue weighted by Crippen LogP contribution is -2.56. The van der Waals surface area contributed by atoms with Crippen molar-refractivity contribution in [1.29, 1.82) is 0 Å². The number of aliphatic hydroxyl groups excluding tert-OH is 1. The first-order valence-electron chi connectivity index (χ1n) is 6.78. The van der Waals surface area contributed by atoms with Crippen LogP contribution in [0.1, 0.15) is 11.1 Å². The van der Waals surface area contributed by atoms with Crippen LogP contribution < -0.4 is 0 Å². The Morgan fingerprint density at radius 2 is 1.42 bits per heavy atom. The van der Waals surface area contributed by atoms with Crippen molar-refractivity contribution in [3.05, 3.63) is 86.0 Å². The van der Waals surface area contributed by atoms with E-state index in [2.05, 4.69) is 0 Å². The molecule has 0 radical (unpaired) electrons. The fourth-order valence-electron chi connectivity index (χ4n) is 2.43. The van der Waals surface area contributed by atoms with Crippen molar-refractivity contribution in [3.63, 3.8) is 0 Å². The highest BCUT2D eigenvalue weighted by Gasteiger charge is 2.62. The van der Waals surface area contributed by atoms with Crippen molar-refractivity contribution in [2.24, 2.45) is 0 Å². The van der Waals surface area contributed by atoms with Crippen molar-refractivity contribution in [2.75, 3.05) is 6.61 Å². The van der Waals surface area contributed by atoms with Gasteiger partial charge in [0.1, 0.15) is 0 Å². The van der Waals surface area contributed by atoms with Gasteiger partial charge in [-0.2, -0.15) is 0 Å². The number of nitro benzene ring substituents is 1. The maximum absolute atomic E-state index is 11.6. The zero-order valence-corrected chi connectivity index (χ0v) is 12.3. The van der Waals surface area contributed by atoms with Gasteiger partial charge < -0.3 is 15.3 Å². The first kappa shape index (κ1) is 17.5. The number of rotatable bonds is 6. The van der Waals surface area contributed by atoms with E-state index in [9.17, 15) is 35.5 Å². The molecule has 2 aromatic rings. The molecule has 0 aliphatic carbocycles. The van der Waals surface area contributed by atoms with Crippen molar-refractivity contribution < 1.29 is 25.2 Å². The minimum Gasteiger partial charge on any atom is -0.393 e. The maximum atomic E-state index is 11.6. The third-order valence-electron chi connectivity index (χ3n) is 3.80. The molecule has 2 aromatic carbocycles. The minimum atomic E-state index is -3.11. The van der Waals surface area contributed by atoms with Gasteiger partial charge in [-0.25, -0.2) is 0 Å². The zero-order chi connectivity index (χ0) is 18.0. The number of aliphatic hydroxyl groups is 3. The molecule has 126 valence electrons. The SMILES string of the molecule is O=[N+]([O-])c1ccc(C(O)([N+](=O)[O-])C(O)(CO)c2ccccc2)cc1. The van der Waals surface area contributed by atoms with Crippen LogP contribution in [-0.2, 0) is 11.3 Å². The average Bonchev–Trinajstić information content (AvgIpc) is 2.60. The highest BCUT2D eigenvalue weighted by molar-refractivity contribution is 5.38. The Bertz CT molecular complexity index is 750. The minimum absolute atomic E-state index is 0.0787. The van der Waals surface area contributed by atoms with E-state index in [1.54, 1.807) is 6.07 Å². The lowest BCUT2D eigenvalue weighted by Gasteiger charge is -2.35. The fraction of sp³-hybridized carbons (Fsp3) is 0.200. The lowest BCUT2D eigenvalue weighted by molar-refractivity contribution is -0.666. The maximum Gasteiger partial charge on any atom is 0.384 e. The molecule has 0 aliphatic rings. The molecule has 2 atom stereocenters. The molecule has 2 rings (SSSR count). The Labute approximate surface area is 135 Å². The summed E-state index contributed by atoms with van der Waals surface area (Å²) in [6.45, 7) is -1.15. The molecule has 0 saturated heterocycles. The summed E-state index contributed by atoms with van der Waals surface area (Å²) in [6, 6.07) is 11.0. The van der Waals surface area contributed by atoms with Crippen LogP contribution in [-0.4, -0.2) is 31.8 Å². The number of nitro groups is 2. The van der Waals surface area contributed by atoms with E-state index in [1.165, 1.54) is 24.3 Å². The van der Waals surface area contributed by atoms with Crippen LogP contribution in [0, 0.1) is 20.2 Å². The molecule has 0 spiro atoms. The number of hydrogen-bond donors (Lipinski definition) is 3. The first-order chi connectivity index (χ1) is 11.3. The summed E-state index contributed by atoms with van der Waals surface area (Å²) in [4.78, 5) is 20.4. The van der Waals surface area contributed by atoms with Gasteiger partial charge in [0.25, 0.3) is 5.69 Å². The molecular formula is C15H14N2O7. The molecular weight excluding hydrogens is 320 g/mol. The van der Waals surface area contributed by atoms with Crippen molar-refractivity contribution in [2.45, 2.75) is 11.3 Å². The molecule has 0 fully saturated rings.